The Morgan fingerprint density at radius 3 is 2.47 bits per heavy atom. The number of nitrogens with zero attached hydrogens (tertiary/aromatic N) is 3. The lowest BCUT2D eigenvalue weighted by atomic mass is 9.89. The lowest BCUT2D eigenvalue weighted by Gasteiger charge is -2.33. The zero-order valence-corrected chi connectivity index (χ0v) is 22.8. The Bertz CT molecular complexity index is 1450. The number of unbranched alkanes of at least 4 members (excludes halogenated alkanes) is 1. The van der Waals surface area contributed by atoms with Gasteiger partial charge in [0.1, 0.15) is 5.82 Å². The van der Waals surface area contributed by atoms with E-state index in [1.54, 1.807) is 29.7 Å². The third-order valence-corrected chi connectivity index (χ3v) is 9.12. The Hall–Kier alpha value is -3.11. The first kappa shape index (κ1) is 27.9. The van der Waals surface area contributed by atoms with E-state index in [0.29, 0.717) is 48.6 Å². The summed E-state index contributed by atoms with van der Waals surface area (Å²) in [7, 11) is -4.41. The fourth-order valence-corrected chi connectivity index (χ4v) is 6.57. The molecule has 1 N–H and O–H groups in total. The monoisotopic (exact) mass is 543 g/mol. The first-order chi connectivity index (χ1) is 18.2. The van der Waals surface area contributed by atoms with Gasteiger partial charge in [-0.2, -0.15) is 9.37 Å². The van der Waals surface area contributed by atoms with Gasteiger partial charge in [0.15, 0.2) is 4.90 Å². The number of hydrogen-bond donors (Lipinski definition) is 1. The van der Waals surface area contributed by atoms with Crippen LogP contribution in [0.15, 0.2) is 51.1 Å². The van der Waals surface area contributed by atoms with Gasteiger partial charge in [-0.15, -0.1) is 0 Å². The summed E-state index contributed by atoms with van der Waals surface area (Å²) < 4.78 is 48.4. The molecule has 3 aromatic rings. The van der Waals surface area contributed by atoms with Gasteiger partial charge in [-0.1, -0.05) is 32.4 Å². The van der Waals surface area contributed by atoms with Crippen molar-refractivity contribution in [2.75, 3.05) is 13.2 Å². The second-order valence-corrected chi connectivity index (χ2v) is 11.6. The normalized spacial score (nSPS) is 15.5. The summed E-state index contributed by atoms with van der Waals surface area (Å²) in [6.07, 6.45) is 5.59. The van der Waals surface area contributed by atoms with Crippen LogP contribution < -0.4 is 5.56 Å². The number of halogens is 1. The first-order valence-electron chi connectivity index (χ1n) is 13.1. The smallest absolute Gasteiger partial charge is 0.296 e. The average Bonchev–Trinajstić information content (AvgIpc) is 2.91. The number of hydrogen-bond acceptors (Lipinski definition) is 7. The number of rotatable bonds is 9. The number of aryl methyl sites for hydroxylation is 1. The van der Waals surface area contributed by atoms with Gasteiger partial charge in [-0.05, 0) is 67.9 Å². The Kier molecular flexibility index (Phi) is 8.62. The minimum absolute atomic E-state index is 0.156. The van der Waals surface area contributed by atoms with E-state index in [1.165, 1.54) is 18.3 Å². The molecule has 1 aliphatic heterocycles. The van der Waals surface area contributed by atoms with Crippen LogP contribution in [0, 0.1) is 18.8 Å². The molecule has 0 spiro atoms. The molecule has 0 amide bonds. The zero-order chi connectivity index (χ0) is 27.4. The molecular formula is C28H34FN3O5S. The summed E-state index contributed by atoms with van der Waals surface area (Å²) in [4.78, 5) is 20.1. The van der Waals surface area contributed by atoms with Crippen LogP contribution in [0.2, 0.25) is 0 Å². The Morgan fingerprint density at radius 1 is 1.16 bits per heavy atom. The van der Waals surface area contributed by atoms with Gasteiger partial charge in [0.2, 0.25) is 21.7 Å². The highest BCUT2D eigenvalue weighted by atomic mass is 32.2. The predicted octanol–water partition coefficient (Wildman–Crippen LogP) is 5.01. The number of aromatic hydroxyl groups is 1. The van der Waals surface area contributed by atoms with Crippen molar-refractivity contribution in [2.45, 2.75) is 75.1 Å². The number of sulfone groups is 1. The molecule has 204 valence electrons. The molecule has 1 atom stereocenters. The Morgan fingerprint density at radius 2 is 1.84 bits per heavy atom. The molecule has 1 aliphatic rings. The third kappa shape index (κ3) is 5.37. The van der Waals surface area contributed by atoms with Crippen LogP contribution >= 0.6 is 0 Å². The van der Waals surface area contributed by atoms with Crippen LogP contribution in [0.25, 0.3) is 11.1 Å². The van der Waals surface area contributed by atoms with Crippen molar-refractivity contribution in [2.24, 2.45) is 5.92 Å². The summed E-state index contributed by atoms with van der Waals surface area (Å²) in [5, 5.41) is 11.4. The van der Waals surface area contributed by atoms with Crippen molar-refractivity contribution in [3.63, 3.8) is 0 Å². The molecule has 0 unspecified atom stereocenters. The van der Waals surface area contributed by atoms with Crippen molar-refractivity contribution in [1.82, 2.24) is 14.5 Å². The zero-order valence-electron chi connectivity index (χ0n) is 22.0. The molecule has 10 heteroatoms. The van der Waals surface area contributed by atoms with Crippen LogP contribution in [0.1, 0.15) is 63.4 Å². The van der Waals surface area contributed by atoms with E-state index in [9.17, 15) is 22.7 Å². The summed E-state index contributed by atoms with van der Waals surface area (Å²) in [6.45, 7) is 6.79. The molecule has 3 heterocycles. The minimum Gasteiger partial charge on any atom is -0.493 e. The molecular weight excluding hydrogens is 509 g/mol. The molecule has 0 bridgehead atoms. The molecule has 8 nitrogen and oxygen atoms in total. The molecule has 4 rings (SSSR count). The van der Waals surface area contributed by atoms with Crippen molar-refractivity contribution in [3.05, 3.63) is 64.2 Å². The van der Waals surface area contributed by atoms with Gasteiger partial charge in [-0.25, -0.2) is 13.4 Å². The van der Waals surface area contributed by atoms with Crippen LogP contribution in [-0.2, 0) is 21.0 Å². The molecule has 2 aromatic heterocycles. The fraction of sp³-hybridized carbons (Fsp3) is 0.464. The second kappa shape index (κ2) is 11.7. The van der Waals surface area contributed by atoms with Gasteiger partial charge in [-0.3, -0.25) is 9.36 Å². The van der Waals surface area contributed by atoms with E-state index in [-0.39, 0.29) is 16.9 Å². The fourth-order valence-electron chi connectivity index (χ4n) is 5.23. The van der Waals surface area contributed by atoms with E-state index < -0.39 is 32.1 Å². The highest BCUT2D eigenvalue weighted by molar-refractivity contribution is 7.91. The number of pyridine rings is 1. The maximum atomic E-state index is 13.9. The minimum atomic E-state index is -4.41. The Labute approximate surface area is 222 Å². The molecule has 38 heavy (non-hydrogen) atoms. The first-order valence-corrected chi connectivity index (χ1v) is 14.6. The molecule has 1 aromatic carbocycles. The lowest BCUT2D eigenvalue weighted by Crippen LogP contribution is -2.32. The van der Waals surface area contributed by atoms with Gasteiger partial charge in [0.25, 0.3) is 5.56 Å². The quantitative estimate of drug-likeness (QED) is 0.378. The van der Waals surface area contributed by atoms with Crippen LogP contribution in [-0.4, -0.2) is 41.3 Å². The second-order valence-electron chi connectivity index (χ2n) is 9.69. The summed E-state index contributed by atoms with van der Waals surface area (Å²) in [5.41, 5.74) is 0.552. The van der Waals surface area contributed by atoms with E-state index in [1.807, 2.05) is 13.8 Å². The van der Waals surface area contributed by atoms with E-state index in [2.05, 4.69) is 9.97 Å². The summed E-state index contributed by atoms with van der Waals surface area (Å²) in [5.74, 6) is -0.611. The predicted molar refractivity (Wildman–Crippen MR) is 141 cm³/mol. The number of benzene rings is 1. The molecule has 1 saturated heterocycles. The van der Waals surface area contributed by atoms with E-state index in [4.69, 9.17) is 4.74 Å². The number of aromatic nitrogens is 3. The molecule has 1 fully saturated rings. The van der Waals surface area contributed by atoms with Crippen LogP contribution in [0.5, 0.6) is 5.88 Å². The standard InChI is InChI=1S/C28H34FN3O5S/c1-4-6-7-24-31-27(33)25(28(34)32(24)23(5-2)20-13-16-37-17-14-20)38(35,36)21-10-8-19(9-11-21)22-12-15-30-26(29)18(22)3/h8-12,15,20,23,34H,4-7,13-14,16-17H2,1-3H3/t23-/m0/s1. The molecule has 0 saturated carbocycles. The van der Waals surface area contributed by atoms with E-state index >= 15 is 0 Å². The average molecular weight is 544 g/mol. The Balaban J connectivity index is 1.81. The molecule has 0 aliphatic carbocycles. The van der Waals surface area contributed by atoms with Gasteiger partial charge in [0.05, 0.1) is 4.90 Å². The lowest BCUT2D eigenvalue weighted by molar-refractivity contribution is 0.0454. The maximum Gasteiger partial charge on any atom is 0.296 e. The summed E-state index contributed by atoms with van der Waals surface area (Å²) >= 11 is 0. The summed E-state index contributed by atoms with van der Waals surface area (Å²) in [6, 6.07) is 7.22. The number of ether oxygens (including phenoxy) is 1. The maximum absolute atomic E-state index is 13.9. The third-order valence-electron chi connectivity index (χ3n) is 7.34. The SMILES string of the molecule is CCCCc1nc(=O)c(S(=O)(=O)c2ccc(-c3ccnc(F)c3C)cc2)c(O)n1[C@@H](CC)C1CCOCC1. The highest BCUT2D eigenvalue weighted by Crippen LogP contribution is 2.37. The van der Waals surface area contributed by atoms with E-state index in [0.717, 1.165) is 25.7 Å². The molecule has 0 radical (unpaired) electrons. The van der Waals surface area contributed by atoms with Crippen molar-refractivity contribution < 1.29 is 22.7 Å². The van der Waals surface area contributed by atoms with Gasteiger partial charge >= 0.3 is 0 Å². The topological polar surface area (TPSA) is 111 Å². The van der Waals surface area contributed by atoms with Crippen molar-refractivity contribution >= 4 is 9.84 Å². The van der Waals surface area contributed by atoms with Crippen LogP contribution in [0.4, 0.5) is 4.39 Å². The highest BCUT2D eigenvalue weighted by Gasteiger charge is 2.34. The van der Waals surface area contributed by atoms with Crippen LogP contribution in [0.3, 0.4) is 0 Å². The van der Waals surface area contributed by atoms with Crippen molar-refractivity contribution in [1.29, 1.82) is 0 Å². The van der Waals surface area contributed by atoms with Crippen molar-refractivity contribution in [3.8, 4) is 17.0 Å². The van der Waals surface area contributed by atoms with Gasteiger partial charge in [0, 0.05) is 37.4 Å². The largest absolute Gasteiger partial charge is 0.493 e. The van der Waals surface area contributed by atoms with Gasteiger partial charge < -0.3 is 9.84 Å².